The average Bonchev–Trinajstić information content (AvgIpc) is 2.80. The summed E-state index contributed by atoms with van der Waals surface area (Å²) in [6, 6.07) is 5.61. The molecule has 1 atom stereocenters. The van der Waals surface area contributed by atoms with Gasteiger partial charge in [-0.05, 0) is 38.1 Å². The third kappa shape index (κ3) is 3.45. The molecule has 0 aromatic heterocycles. The molecule has 22 heavy (non-hydrogen) atoms. The van der Waals surface area contributed by atoms with Crippen LogP contribution in [-0.4, -0.2) is 38.0 Å². The molecule has 1 amide bonds. The first-order valence-electron chi connectivity index (χ1n) is 6.86. The van der Waals surface area contributed by atoms with Gasteiger partial charge in [-0.25, -0.2) is 13.1 Å². The number of carboxylic acid groups (broad SMARTS) is 1. The Morgan fingerprint density at radius 1 is 1.32 bits per heavy atom. The van der Waals surface area contributed by atoms with Crippen molar-refractivity contribution in [1.82, 2.24) is 4.72 Å². The molecule has 2 rings (SSSR count). The molecule has 0 saturated carbocycles. The minimum atomic E-state index is -3.59. The number of rotatable bonds is 5. The van der Waals surface area contributed by atoms with Crippen LogP contribution in [0.15, 0.2) is 29.2 Å². The van der Waals surface area contributed by atoms with Crippen LogP contribution in [0.4, 0.5) is 5.69 Å². The molecule has 8 heteroatoms. The van der Waals surface area contributed by atoms with Gasteiger partial charge in [-0.15, -0.1) is 0 Å². The van der Waals surface area contributed by atoms with Crippen molar-refractivity contribution in [3.05, 3.63) is 24.3 Å². The third-order valence-electron chi connectivity index (χ3n) is 3.32. The second-order valence-electron chi connectivity index (χ2n) is 5.51. The number of carboxylic acids is 1. The number of nitrogens with one attached hydrogen (secondary N) is 1. The van der Waals surface area contributed by atoms with Crippen molar-refractivity contribution >= 4 is 27.6 Å². The topological polar surface area (TPSA) is 104 Å². The quantitative estimate of drug-likeness (QED) is 0.833. The standard InChI is InChI=1S/C14H18N2O5S/c1-9(2)15-22(20,21)12-5-3-11(4-6-12)16-8-10(14(18)19)7-13(16)17/h3-6,9-10,15H,7-8H2,1-2H3,(H,18,19). The molecule has 7 nitrogen and oxygen atoms in total. The molecule has 1 aromatic rings. The summed E-state index contributed by atoms with van der Waals surface area (Å²) in [4.78, 5) is 24.3. The van der Waals surface area contributed by atoms with E-state index in [4.69, 9.17) is 5.11 Å². The lowest BCUT2D eigenvalue weighted by atomic mass is 10.1. The van der Waals surface area contributed by atoms with E-state index in [1.807, 2.05) is 0 Å². The summed E-state index contributed by atoms with van der Waals surface area (Å²) in [5.41, 5.74) is 0.497. The van der Waals surface area contributed by atoms with Crippen molar-refractivity contribution in [1.29, 1.82) is 0 Å². The monoisotopic (exact) mass is 326 g/mol. The maximum absolute atomic E-state index is 12.0. The van der Waals surface area contributed by atoms with Crippen LogP contribution in [-0.2, 0) is 19.6 Å². The van der Waals surface area contributed by atoms with Gasteiger partial charge in [-0.3, -0.25) is 9.59 Å². The lowest BCUT2D eigenvalue weighted by Crippen LogP contribution is -2.30. The molecular formula is C14H18N2O5S. The lowest BCUT2D eigenvalue weighted by Gasteiger charge is -2.17. The Kier molecular flexibility index (Phi) is 4.52. The zero-order chi connectivity index (χ0) is 16.5. The molecule has 1 aliphatic heterocycles. The summed E-state index contributed by atoms with van der Waals surface area (Å²) in [5, 5.41) is 8.96. The van der Waals surface area contributed by atoms with Crippen LogP contribution in [0.5, 0.6) is 0 Å². The number of aliphatic carboxylic acids is 1. The van der Waals surface area contributed by atoms with Crippen LogP contribution in [0.25, 0.3) is 0 Å². The van der Waals surface area contributed by atoms with Crippen LogP contribution in [0.1, 0.15) is 20.3 Å². The van der Waals surface area contributed by atoms with E-state index in [-0.39, 0.29) is 29.8 Å². The zero-order valence-electron chi connectivity index (χ0n) is 12.3. The second kappa shape index (κ2) is 6.05. The van der Waals surface area contributed by atoms with Crippen LogP contribution in [0.2, 0.25) is 0 Å². The number of anilines is 1. The number of amides is 1. The van der Waals surface area contributed by atoms with Crippen molar-refractivity contribution in [2.24, 2.45) is 5.92 Å². The maximum Gasteiger partial charge on any atom is 0.308 e. The number of benzene rings is 1. The maximum atomic E-state index is 12.0. The molecule has 1 fully saturated rings. The van der Waals surface area contributed by atoms with Gasteiger partial charge in [0.1, 0.15) is 0 Å². The minimum absolute atomic E-state index is 0.0374. The smallest absolute Gasteiger partial charge is 0.308 e. The summed E-state index contributed by atoms with van der Waals surface area (Å²) in [5.74, 6) is -2.00. The van der Waals surface area contributed by atoms with Crippen LogP contribution in [0, 0.1) is 5.92 Å². The van der Waals surface area contributed by atoms with E-state index in [0.717, 1.165) is 0 Å². The summed E-state index contributed by atoms with van der Waals surface area (Å²) < 4.78 is 26.5. The highest BCUT2D eigenvalue weighted by Crippen LogP contribution is 2.26. The third-order valence-corrected chi connectivity index (χ3v) is 5.00. The normalized spacial score (nSPS) is 19.0. The Balaban J connectivity index is 2.19. The van der Waals surface area contributed by atoms with Crippen molar-refractivity contribution in [2.75, 3.05) is 11.4 Å². The largest absolute Gasteiger partial charge is 0.481 e. The van der Waals surface area contributed by atoms with Gasteiger partial charge < -0.3 is 10.0 Å². The number of sulfonamides is 1. The Hall–Kier alpha value is -1.93. The molecule has 2 N–H and O–H groups in total. The van der Waals surface area contributed by atoms with Crippen LogP contribution >= 0.6 is 0 Å². The molecule has 0 aliphatic carbocycles. The fraction of sp³-hybridized carbons (Fsp3) is 0.429. The predicted octanol–water partition coefficient (Wildman–Crippen LogP) is 0.811. The average molecular weight is 326 g/mol. The molecular weight excluding hydrogens is 308 g/mol. The fourth-order valence-corrected chi connectivity index (χ4v) is 3.56. The van der Waals surface area contributed by atoms with Crippen molar-refractivity contribution in [3.63, 3.8) is 0 Å². The molecule has 1 heterocycles. The number of hydrogen-bond acceptors (Lipinski definition) is 4. The number of carbonyl (C=O) groups excluding carboxylic acids is 1. The number of carbonyl (C=O) groups is 2. The molecule has 1 aliphatic rings. The highest BCUT2D eigenvalue weighted by Gasteiger charge is 2.35. The minimum Gasteiger partial charge on any atom is -0.481 e. The van der Waals surface area contributed by atoms with Crippen molar-refractivity contribution in [2.45, 2.75) is 31.2 Å². The van der Waals surface area contributed by atoms with E-state index in [9.17, 15) is 18.0 Å². The van der Waals surface area contributed by atoms with Gasteiger partial charge in [0.25, 0.3) is 0 Å². The van der Waals surface area contributed by atoms with E-state index in [2.05, 4.69) is 4.72 Å². The van der Waals surface area contributed by atoms with Gasteiger partial charge in [0.15, 0.2) is 0 Å². The van der Waals surface area contributed by atoms with Crippen LogP contribution in [0.3, 0.4) is 0 Å². The molecule has 1 aromatic carbocycles. The first-order chi connectivity index (χ1) is 10.2. The summed E-state index contributed by atoms with van der Waals surface area (Å²) in [6.45, 7) is 3.55. The molecule has 1 unspecified atom stereocenters. The lowest BCUT2D eigenvalue weighted by molar-refractivity contribution is -0.141. The van der Waals surface area contributed by atoms with Gasteiger partial charge in [-0.1, -0.05) is 0 Å². The highest BCUT2D eigenvalue weighted by molar-refractivity contribution is 7.89. The van der Waals surface area contributed by atoms with Crippen LogP contribution < -0.4 is 9.62 Å². The SMILES string of the molecule is CC(C)NS(=O)(=O)c1ccc(N2CC(C(=O)O)CC2=O)cc1. The van der Waals surface area contributed by atoms with Gasteiger partial charge in [0.2, 0.25) is 15.9 Å². The highest BCUT2D eigenvalue weighted by atomic mass is 32.2. The Bertz CT molecular complexity index is 682. The first kappa shape index (κ1) is 16.4. The Morgan fingerprint density at radius 3 is 2.36 bits per heavy atom. The molecule has 1 saturated heterocycles. The van der Waals surface area contributed by atoms with Crippen molar-refractivity contribution < 1.29 is 23.1 Å². The van der Waals surface area contributed by atoms with E-state index >= 15 is 0 Å². The Morgan fingerprint density at radius 2 is 1.91 bits per heavy atom. The van der Waals surface area contributed by atoms with E-state index in [0.29, 0.717) is 5.69 Å². The second-order valence-corrected chi connectivity index (χ2v) is 7.23. The number of nitrogens with zero attached hydrogens (tertiary/aromatic N) is 1. The summed E-state index contributed by atoms with van der Waals surface area (Å²) in [7, 11) is -3.59. The molecule has 0 spiro atoms. The summed E-state index contributed by atoms with van der Waals surface area (Å²) >= 11 is 0. The van der Waals surface area contributed by atoms with Gasteiger partial charge >= 0.3 is 5.97 Å². The van der Waals surface area contributed by atoms with E-state index in [1.165, 1.54) is 29.2 Å². The zero-order valence-corrected chi connectivity index (χ0v) is 13.1. The molecule has 0 radical (unpaired) electrons. The van der Waals surface area contributed by atoms with E-state index < -0.39 is 21.9 Å². The van der Waals surface area contributed by atoms with Gasteiger partial charge in [0.05, 0.1) is 10.8 Å². The first-order valence-corrected chi connectivity index (χ1v) is 8.34. The van der Waals surface area contributed by atoms with Crippen molar-refractivity contribution in [3.8, 4) is 0 Å². The summed E-state index contributed by atoms with van der Waals surface area (Å²) in [6.07, 6.45) is -0.0374. The number of hydrogen-bond donors (Lipinski definition) is 2. The molecule has 0 bridgehead atoms. The predicted molar refractivity (Wildman–Crippen MR) is 80.0 cm³/mol. The molecule has 120 valence electrons. The van der Waals surface area contributed by atoms with Gasteiger partial charge in [-0.2, -0.15) is 0 Å². The fourth-order valence-electron chi connectivity index (χ4n) is 2.31. The van der Waals surface area contributed by atoms with Gasteiger partial charge in [0, 0.05) is 24.7 Å². The van der Waals surface area contributed by atoms with E-state index in [1.54, 1.807) is 13.8 Å². The Labute approximate surface area is 129 Å².